The van der Waals surface area contributed by atoms with Gasteiger partial charge in [0.2, 0.25) is 0 Å². The first-order chi connectivity index (χ1) is 14.2. The van der Waals surface area contributed by atoms with Crippen molar-refractivity contribution in [2.75, 3.05) is 7.11 Å². The van der Waals surface area contributed by atoms with Crippen LogP contribution in [-0.2, 0) is 17.6 Å². The summed E-state index contributed by atoms with van der Waals surface area (Å²) in [4.78, 5) is 17.4. The SMILES string of the molecule is COc1cccc(CCC(=O)C[C@@H]2CCCC(c3nccc4c3C=CCC4)C2)c1. The fraction of sp³-hybridized carbons (Fsp3) is 0.462. The normalized spacial score (nSPS) is 20.9. The first-order valence-corrected chi connectivity index (χ1v) is 11.0. The summed E-state index contributed by atoms with van der Waals surface area (Å²) in [5, 5.41) is 0. The lowest BCUT2D eigenvalue weighted by atomic mass is 9.75. The third-order valence-electron chi connectivity index (χ3n) is 6.49. The van der Waals surface area contributed by atoms with Crippen LogP contribution in [0.15, 0.2) is 42.6 Å². The molecule has 2 atom stereocenters. The molecule has 1 heterocycles. The number of hydrogen-bond donors (Lipinski definition) is 0. The number of methoxy groups -OCH3 is 1. The van der Waals surface area contributed by atoms with Crippen LogP contribution >= 0.6 is 0 Å². The highest BCUT2D eigenvalue weighted by Crippen LogP contribution is 2.39. The summed E-state index contributed by atoms with van der Waals surface area (Å²) in [5.74, 6) is 2.24. The number of carbonyl (C=O) groups is 1. The zero-order chi connectivity index (χ0) is 20.1. The van der Waals surface area contributed by atoms with Crippen molar-refractivity contribution in [2.24, 2.45) is 5.92 Å². The van der Waals surface area contributed by atoms with Gasteiger partial charge in [0.15, 0.2) is 0 Å². The number of fused-ring (bicyclic) bond motifs is 1. The van der Waals surface area contributed by atoms with E-state index in [1.165, 1.54) is 41.6 Å². The van der Waals surface area contributed by atoms with Gasteiger partial charge >= 0.3 is 0 Å². The number of Topliss-reactive ketones (excluding diaryl/α,β-unsaturated/α-hetero) is 1. The van der Waals surface area contributed by atoms with Gasteiger partial charge < -0.3 is 4.74 Å². The van der Waals surface area contributed by atoms with Gasteiger partial charge in [-0.1, -0.05) is 30.7 Å². The Balaban J connectivity index is 1.34. The summed E-state index contributed by atoms with van der Waals surface area (Å²) < 4.78 is 5.28. The number of hydrogen-bond acceptors (Lipinski definition) is 3. The molecule has 3 nitrogen and oxygen atoms in total. The van der Waals surface area contributed by atoms with Gasteiger partial charge in [-0.15, -0.1) is 0 Å². The molecule has 0 bridgehead atoms. The maximum absolute atomic E-state index is 12.7. The zero-order valence-electron chi connectivity index (χ0n) is 17.4. The molecule has 0 saturated heterocycles. The zero-order valence-corrected chi connectivity index (χ0v) is 17.4. The van der Waals surface area contributed by atoms with Crippen molar-refractivity contribution in [3.63, 3.8) is 0 Å². The number of pyridine rings is 1. The van der Waals surface area contributed by atoms with E-state index in [0.717, 1.165) is 31.4 Å². The van der Waals surface area contributed by atoms with E-state index in [1.807, 2.05) is 24.4 Å². The predicted octanol–water partition coefficient (Wildman–Crippen LogP) is 5.92. The summed E-state index contributed by atoms with van der Waals surface area (Å²) in [6.45, 7) is 0. The second-order valence-corrected chi connectivity index (χ2v) is 8.53. The maximum Gasteiger partial charge on any atom is 0.133 e. The van der Waals surface area contributed by atoms with Crippen LogP contribution in [-0.4, -0.2) is 17.9 Å². The first kappa shape index (κ1) is 19.9. The lowest BCUT2D eigenvalue weighted by Crippen LogP contribution is -2.19. The molecule has 152 valence electrons. The molecule has 1 saturated carbocycles. The highest BCUT2D eigenvalue weighted by Gasteiger charge is 2.27. The molecule has 0 aliphatic heterocycles. The van der Waals surface area contributed by atoms with Gasteiger partial charge in [0, 0.05) is 25.0 Å². The van der Waals surface area contributed by atoms with E-state index in [1.54, 1.807) is 7.11 Å². The van der Waals surface area contributed by atoms with Crippen LogP contribution in [0.5, 0.6) is 5.75 Å². The highest BCUT2D eigenvalue weighted by atomic mass is 16.5. The molecule has 0 spiro atoms. The van der Waals surface area contributed by atoms with Crippen LogP contribution in [0.2, 0.25) is 0 Å². The minimum atomic E-state index is 0.390. The highest BCUT2D eigenvalue weighted by molar-refractivity contribution is 5.79. The lowest BCUT2D eigenvalue weighted by molar-refractivity contribution is -0.120. The minimum Gasteiger partial charge on any atom is -0.497 e. The first-order valence-electron chi connectivity index (χ1n) is 11.0. The van der Waals surface area contributed by atoms with Crippen LogP contribution < -0.4 is 4.74 Å². The van der Waals surface area contributed by atoms with Crippen LogP contribution in [0.1, 0.15) is 73.2 Å². The van der Waals surface area contributed by atoms with Crippen molar-refractivity contribution in [3.05, 3.63) is 65.0 Å². The average Bonchev–Trinajstić information content (AvgIpc) is 2.77. The molecular weight excluding hydrogens is 358 g/mol. The molecule has 4 rings (SSSR count). The van der Waals surface area contributed by atoms with Gasteiger partial charge in [0.05, 0.1) is 12.8 Å². The number of carbonyl (C=O) groups excluding carboxylic acids is 1. The standard InChI is InChI=1S/C26H31NO2/c1-29-24-10-5-6-19(18-24)12-13-23(28)17-20-7-4-9-22(16-20)26-25-11-3-2-8-21(25)14-15-27-26/h3,5-6,10-11,14-15,18,20,22H,2,4,7-9,12-13,16-17H2,1H3/t20-,22?/m1/s1. The molecule has 0 amide bonds. The molecule has 2 aliphatic carbocycles. The molecule has 2 aliphatic rings. The molecule has 1 fully saturated rings. The van der Waals surface area contributed by atoms with Gasteiger partial charge in [0.1, 0.15) is 11.5 Å². The van der Waals surface area contributed by atoms with Crippen molar-refractivity contribution in [3.8, 4) is 5.75 Å². The Labute approximate surface area is 174 Å². The summed E-state index contributed by atoms with van der Waals surface area (Å²) in [7, 11) is 1.68. The Morgan fingerprint density at radius 3 is 3.07 bits per heavy atom. The van der Waals surface area contributed by atoms with Crippen molar-refractivity contribution in [2.45, 2.75) is 63.7 Å². The second-order valence-electron chi connectivity index (χ2n) is 8.53. The van der Waals surface area contributed by atoms with Crippen molar-refractivity contribution >= 4 is 11.9 Å². The fourth-order valence-electron chi connectivity index (χ4n) is 4.97. The van der Waals surface area contributed by atoms with Gasteiger partial charge in [-0.25, -0.2) is 0 Å². The topological polar surface area (TPSA) is 39.2 Å². The van der Waals surface area contributed by atoms with Gasteiger partial charge in [0.25, 0.3) is 0 Å². The monoisotopic (exact) mass is 389 g/mol. The van der Waals surface area contributed by atoms with Crippen LogP contribution in [0.4, 0.5) is 0 Å². The van der Waals surface area contributed by atoms with E-state index < -0.39 is 0 Å². The van der Waals surface area contributed by atoms with E-state index >= 15 is 0 Å². The maximum atomic E-state index is 12.7. The predicted molar refractivity (Wildman–Crippen MR) is 117 cm³/mol. The molecule has 2 aromatic rings. The number of aromatic nitrogens is 1. The second kappa shape index (κ2) is 9.39. The van der Waals surface area contributed by atoms with E-state index in [2.05, 4.69) is 24.3 Å². The smallest absolute Gasteiger partial charge is 0.133 e. The van der Waals surface area contributed by atoms with E-state index in [9.17, 15) is 4.79 Å². The van der Waals surface area contributed by atoms with Gasteiger partial charge in [-0.2, -0.15) is 0 Å². The number of ether oxygens (including phenoxy) is 1. The quantitative estimate of drug-likeness (QED) is 0.590. The van der Waals surface area contributed by atoms with Crippen LogP contribution in [0, 0.1) is 5.92 Å². The number of rotatable bonds is 7. The van der Waals surface area contributed by atoms with Crippen molar-refractivity contribution < 1.29 is 9.53 Å². The summed E-state index contributed by atoms with van der Waals surface area (Å²) in [5.41, 5.74) is 5.24. The molecule has 1 aromatic carbocycles. The van der Waals surface area contributed by atoms with E-state index in [-0.39, 0.29) is 0 Å². The third kappa shape index (κ3) is 4.95. The number of ketones is 1. The molecule has 0 N–H and O–H groups in total. The Hall–Kier alpha value is -2.42. The molecule has 3 heteroatoms. The van der Waals surface area contributed by atoms with Crippen LogP contribution in [0.3, 0.4) is 0 Å². The fourth-order valence-corrected chi connectivity index (χ4v) is 4.97. The molecular formula is C26H31NO2. The number of aryl methyl sites for hydroxylation is 2. The Bertz CT molecular complexity index is 886. The molecule has 0 radical (unpaired) electrons. The largest absolute Gasteiger partial charge is 0.497 e. The summed E-state index contributed by atoms with van der Waals surface area (Å²) in [6.07, 6.45) is 15.6. The van der Waals surface area contributed by atoms with Crippen molar-refractivity contribution in [1.29, 1.82) is 0 Å². The van der Waals surface area contributed by atoms with Gasteiger partial charge in [-0.3, -0.25) is 9.78 Å². The number of nitrogens with zero attached hydrogens (tertiary/aromatic N) is 1. The Kier molecular flexibility index (Phi) is 6.43. The Morgan fingerprint density at radius 1 is 1.24 bits per heavy atom. The molecule has 1 unspecified atom stereocenters. The Morgan fingerprint density at radius 2 is 2.17 bits per heavy atom. The third-order valence-corrected chi connectivity index (χ3v) is 6.49. The van der Waals surface area contributed by atoms with E-state index in [0.29, 0.717) is 30.5 Å². The van der Waals surface area contributed by atoms with Crippen molar-refractivity contribution in [1.82, 2.24) is 4.98 Å². The summed E-state index contributed by atoms with van der Waals surface area (Å²) >= 11 is 0. The van der Waals surface area contributed by atoms with E-state index in [4.69, 9.17) is 9.72 Å². The number of allylic oxidation sites excluding steroid dienone is 1. The molecule has 1 aromatic heterocycles. The van der Waals surface area contributed by atoms with Gasteiger partial charge in [-0.05, 0) is 79.3 Å². The number of benzene rings is 1. The summed E-state index contributed by atoms with van der Waals surface area (Å²) in [6, 6.07) is 10.2. The average molecular weight is 390 g/mol. The molecule has 29 heavy (non-hydrogen) atoms. The minimum absolute atomic E-state index is 0.390. The van der Waals surface area contributed by atoms with Crippen LogP contribution in [0.25, 0.3) is 6.08 Å². The lowest BCUT2D eigenvalue weighted by Gasteiger charge is -2.30.